The number of ether oxygens (including phenoxy) is 1. The Kier molecular flexibility index (Phi) is 5.04. The zero-order valence-electron chi connectivity index (χ0n) is 11.1. The number of amides is 1. The van der Waals surface area contributed by atoms with Crippen LogP contribution in [-0.4, -0.2) is 12.0 Å². The fourth-order valence-electron chi connectivity index (χ4n) is 1.61. The predicted octanol–water partition coefficient (Wildman–Crippen LogP) is 4.54. The second kappa shape index (κ2) is 6.78. The van der Waals surface area contributed by atoms with Crippen molar-refractivity contribution >= 4 is 34.8 Å². The Balaban J connectivity index is 2.04. The van der Waals surface area contributed by atoms with Crippen molar-refractivity contribution in [1.29, 1.82) is 0 Å². The molecule has 1 atom stereocenters. The topological polar surface area (TPSA) is 38.3 Å². The fourth-order valence-corrected chi connectivity index (χ4v) is 1.95. The van der Waals surface area contributed by atoms with Gasteiger partial charge in [0.1, 0.15) is 11.6 Å². The van der Waals surface area contributed by atoms with E-state index in [0.717, 1.165) is 6.07 Å². The van der Waals surface area contributed by atoms with Crippen LogP contribution in [0.1, 0.15) is 6.92 Å². The lowest BCUT2D eigenvalue weighted by Gasteiger charge is -2.15. The molecular formula is C15H12Cl2FNO2. The Morgan fingerprint density at radius 3 is 2.62 bits per heavy atom. The highest BCUT2D eigenvalue weighted by molar-refractivity contribution is 6.32. The molecule has 2 aromatic carbocycles. The highest BCUT2D eigenvalue weighted by Crippen LogP contribution is 2.25. The first-order valence-electron chi connectivity index (χ1n) is 6.14. The minimum atomic E-state index is -0.833. The Morgan fingerprint density at radius 2 is 1.95 bits per heavy atom. The molecule has 0 aromatic heterocycles. The largest absolute Gasteiger partial charge is 0.479 e. The van der Waals surface area contributed by atoms with E-state index in [1.165, 1.54) is 12.1 Å². The van der Waals surface area contributed by atoms with E-state index < -0.39 is 17.8 Å². The summed E-state index contributed by atoms with van der Waals surface area (Å²) in [5, 5.41) is 3.09. The Hall–Kier alpha value is -1.78. The average molecular weight is 328 g/mol. The van der Waals surface area contributed by atoms with Gasteiger partial charge >= 0.3 is 0 Å². The van der Waals surface area contributed by atoms with Gasteiger partial charge in [-0.1, -0.05) is 35.3 Å². The summed E-state index contributed by atoms with van der Waals surface area (Å²) >= 11 is 11.6. The molecular weight excluding hydrogens is 316 g/mol. The summed E-state index contributed by atoms with van der Waals surface area (Å²) in [4.78, 5) is 12.0. The third-order valence-electron chi connectivity index (χ3n) is 2.70. The lowest BCUT2D eigenvalue weighted by molar-refractivity contribution is -0.122. The van der Waals surface area contributed by atoms with Crippen molar-refractivity contribution in [3.63, 3.8) is 0 Å². The molecule has 6 heteroatoms. The predicted molar refractivity (Wildman–Crippen MR) is 81.6 cm³/mol. The van der Waals surface area contributed by atoms with Crippen molar-refractivity contribution in [3.05, 3.63) is 58.3 Å². The van der Waals surface area contributed by atoms with Crippen LogP contribution in [0.15, 0.2) is 42.5 Å². The minimum Gasteiger partial charge on any atom is -0.479 e. The molecule has 0 spiro atoms. The van der Waals surface area contributed by atoms with E-state index in [-0.39, 0.29) is 10.7 Å². The van der Waals surface area contributed by atoms with Crippen LogP contribution >= 0.6 is 23.2 Å². The SMILES string of the molecule is CC(Oc1ccccc1Cl)C(=O)Nc1ccc(Cl)cc1F. The van der Waals surface area contributed by atoms with E-state index in [2.05, 4.69) is 5.32 Å². The molecule has 0 aliphatic heterocycles. The lowest BCUT2D eigenvalue weighted by atomic mass is 10.2. The van der Waals surface area contributed by atoms with E-state index in [9.17, 15) is 9.18 Å². The van der Waals surface area contributed by atoms with Crippen molar-refractivity contribution in [1.82, 2.24) is 0 Å². The summed E-state index contributed by atoms with van der Waals surface area (Å²) in [7, 11) is 0. The van der Waals surface area contributed by atoms with Crippen LogP contribution < -0.4 is 10.1 Å². The first-order chi connectivity index (χ1) is 9.97. The molecule has 0 fully saturated rings. The van der Waals surface area contributed by atoms with Gasteiger partial charge in [0.05, 0.1) is 10.7 Å². The van der Waals surface area contributed by atoms with Gasteiger partial charge in [0, 0.05) is 5.02 Å². The monoisotopic (exact) mass is 327 g/mol. The molecule has 0 heterocycles. The van der Waals surface area contributed by atoms with Crippen molar-refractivity contribution in [2.75, 3.05) is 5.32 Å². The maximum absolute atomic E-state index is 13.6. The van der Waals surface area contributed by atoms with Gasteiger partial charge in [-0.15, -0.1) is 0 Å². The van der Waals surface area contributed by atoms with Crippen LogP contribution in [0.5, 0.6) is 5.75 Å². The van der Waals surface area contributed by atoms with E-state index in [4.69, 9.17) is 27.9 Å². The molecule has 3 nitrogen and oxygen atoms in total. The fraction of sp³-hybridized carbons (Fsp3) is 0.133. The van der Waals surface area contributed by atoms with Gasteiger partial charge in [0.15, 0.2) is 6.10 Å². The van der Waals surface area contributed by atoms with Gasteiger partial charge in [-0.3, -0.25) is 4.79 Å². The van der Waals surface area contributed by atoms with Crippen LogP contribution in [0, 0.1) is 5.82 Å². The minimum absolute atomic E-state index is 0.0407. The second-order valence-corrected chi connectivity index (χ2v) is 5.15. The number of nitrogens with one attached hydrogen (secondary N) is 1. The van der Waals surface area contributed by atoms with Crippen LogP contribution in [0.4, 0.5) is 10.1 Å². The van der Waals surface area contributed by atoms with Gasteiger partial charge in [-0.2, -0.15) is 0 Å². The van der Waals surface area contributed by atoms with Crippen molar-refractivity contribution in [2.24, 2.45) is 0 Å². The summed E-state index contributed by atoms with van der Waals surface area (Å²) in [6.45, 7) is 1.55. The summed E-state index contributed by atoms with van der Waals surface area (Å²) in [6, 6.07) is 10.8. The van der Waals surface area contributed by atoms with Crippen LogP contribution in [0.3, 0.4) is 0 Å². The van der Waals surface area contributed by atoms with E-state index >= 15 is 0 Å². The number of halogens is 3. The maximum atomic E-state index is 13.6. The number of benzene rings is 2. The highest BCUT2D eigenvalue weighted by Gasteiger charge is 2.17. The first-order valence-corrected chi connectivity index (χ1v) is 6.90. The summed E-state index contributed by atoms with van der Waals surface area (Å²) in [5.74, 6) is -0.713. The number of hydrogen-bond donors (Lipinski definition) is 1. The molecule has 2 aromatic rings. The first kappa shape index (κ1) is 15.6. The van der Waals surface area contributed by atoms with E-state index in [1.807, 2.05) is 0 Å². The number of hydrogen-bond acceptors (Lipinski definition) is 2. The summed E-state index contributed by atoms with van der Waals surface area (Å²) < 4.78 is 19.1. The van der Waals surface area contributed by atoms with E-state index in [0.29, 0.717) is 10.8 Å². The molecule has 2 rings (SSSR count). The standard InChI is InChI=1S/C15H12Cl2FNO2/c1-9(21-14-5-3-2-4-11(14)17)15(20)19-13-7-6-10(16)8-12(13)18/h2-9H,1H3,(H,19,20). The highest BCUT2D eigenvalue weighted by atomic mass is 35.5. The van der Waals surface area contributed by atoms with Crippen molar-refractivity contribution in [2.45, 2.75) is 13.0 Å². The van der Waals surface area contributed by atoms with Crippen LogP contribution in [0.25, 0.3) is 0 Å². The second-order valence-electron chi connectivity index (χ2n) is 4.30. The average Bonchev–Trinajstić information content (AvgIpc) is 2.44. The molecule has 0 aliphatic carbocycles. The van der Waals surface area contributed by atoms with Gasteiger partial charge < -0.3 is 10.1 Å². The third kappa shape index (κ3) is 4.09. The zero-order valence-corrected chi connectivity index (χ0v) is 12.6. The zero-order chi connectivity index (χ0) is 15.4. The number of para-hydroxylation sites is 1. The molecule has 0 radical (unpaired) electrons. The van der Waals surface area contributed by atoms with Crippen LogP contribution in [0.2, 0.25) is 10.0 Å². The van der Waals surface area contributed by atoms with Gasteiger partial charge in [0.25, 0.3) is 5.91 Å². The molecule has 0 saturated carbocycles. The lowest BCUT2D eigenvalue weighted by Crippen LogP contribution is -2.30. The molecule has 0 bridgehead atoms. The smallest absolute Gasteiger partial charge is 0.265 e. The quantitative estimate of drug-likeness (QED) is 0.895. The number of carbonyl (C=O) groups is 1. The van der Waals surface area contributed by atoms with Crippen LogP contribution in [-0.2, 0) is 4.79 Å². The molecule has 0 saturated heterocycles. The number of carbonyl (C=O) groups excluding carboxylic acids is 1. The Labute approximate surface area is 131 Å². The molecule has 1 unspecified atom stereocenters. The number of anilines is 1. The van der Waals surface area contributed by atoms with Gasteiger partial charge in [0.2, 0.25) is 0 Å². The van der Waals surface area contributed by atoms with Crippen molar-refractivity contribution < 1.29 is 13.9 Å². The molecule has 21 heavy (non-hydrogen) atoms. The van der Waals surface area contributed by atoms with Gasteiger partial charge in [-0.25, -0.2) is 4.39 Å². The molecule has 1 N–H and O–H groups in total. The molecule has 0 aliphatic rings. The normalized spacial score (nSPS) is 11.8. The summed E-state index contributed by atoms with van der Waals surface area (Å²) in [5.41, 5.74) is 0.0407. The van der Waals surface area contributed by atoms with Gasteiger partial charge in [-0.05, 0) is 37.3 Å². The van der Waals surface area contributed by atoms with Crippen molar-refractivity contribution in [3.8, 4) is 5.75 Å². The summed E-state index contributed by atoms with van der Waals surface area (Å²) in [6.07, 6.45) is -0.833. The molecule has 1 amide bonds. The Morgan fingerprint density at radius 1 is 1.24 bits per heavy atom. The number of rotatable bonds is 4. The Bertz CT molecular complexity index is 664. The van der Waals surface area contributed by atoms with E-state index in [1.54, 1.807) is 31.2 Å². The molecule has 110 valence electrons. The third-order valence-corrected chi connectivity index (χ3v) is 3.25. The maximum Gasteiger partial charge on any atom is 0.265 e.